The van der Waals surface area contributed by atoms with Crippen LogP contribution in [-0.4, -0.2) is 11.9 Å². The van der Waals surface area contributed by atoms with Crippen molar-refractivity contribution in [3.8, 4) is 5.75 Å². The van der Waals surface area contributed by atoms with Gasteiger partial charge < -0.3 is 9.47 Å². The number of carbonyl (C=O) groups excluding carboxylic acids is 1. The molecule has 1 heterocycles. The van der Waals surface area contributed by atoms with Crippen LogP contribution in [0.25, 0.3) is 16.8 Å². The summed E-state index contributed by atoms with van der Waals surface area (Å²) in [4.78, 5) is 16.7. The van der Waals surface area contributed by atoms with E-state index in [0.717, 1.165) is 27.5 Å². The van der Waals surface area contributed by atoms with Crippen molar-refractivity contribution >= 4 is 28.7 Å². The number of hydrogen-bond acceptors (Lipinski definition) is 4. The highest BCUT2D eigenvalue weighted by molar-refractivity contribution is 6.13. The molecule has 0 bridgehead atoms. The second kappa shape index (κ2) is 8.47. The lowest BCUT2D eigenvalue weighted by molar-refractivity contribution is -0.129. The summed E-state index contributed by atoms with van der Waals surface area (Å²) in [6, 6.07) is 27.3. The quantitative estimate of drug-likeness (QED) is 0.296. The van der Waals surface area contributed by atoms with Gasteiger partial charge in [0.2, 0.25) is 5.90 Å². The SMILES string of the molecule is O=C1OC(c2ccc3ccccc3c2)=N/C1=C\c1ccc(OCc2ccc(F)cc2)cc1. The van der Waals surface area contributed by atoms with E-state index in [1.54, 1.807) is 18.2 Å². The number of halogens is 1. The van der Waals surface area contributed by atoms with E-state index < -0.39 is 5.97 Å². The van der Waals surface area contributed by atoms with E-state index in [-0.39, 0.29) is 11.5 Å². The van der Waals surface area contributed by atoms with Crippen LogP contribution < -0.4 is 4.74 Å². The second-order valence-electron chi connectivity index (χ2n) is 7.38. The molecule has 156 valence electrons. The fourth-order valence-corrected chi connectivity index (χ4v) is 3.42. The highest BCUT2D eigenvalue weighted by Crippen LogP contribution is 2.23. The summed E-state index contributed by atoms with van der Waals surface area (Å²) in [5, 5.41) is 2.16. The van der Waals surface area contributed by atoms with E-state index in [1.165, 1.54) is 12.1 Å². The molecule has 0 N–H and O–H groups in total. The van der Waals surface area contributed by atoms with Crippen molar-refractivity contribution in [1.29, 1.82) is 0 Å². The molecule has 0 aromatic heterocycles. The molecule has 0 saturated carbocycles. The number of aliphatic imine (C=N–C) groups is 1. The number of benzene rings is 4. The van der Waals surface area contributed by atoms with Crippen LogP contribution in [0.4, 0.5) is 4.39 Å². The van der Waals surface area contributed by atoms with E-state index in [9.17, 15) is 9.18 Å². The fraction of sp³-hybridized carbons (Fsp3) is 0.0370. The fourth-order valence-electron chi connectivity index (χ4n) is 3.42. The van der Waals surface area contributed by atoms with Crippen molar-refractivity contribution in [2.45, 2.75) is 6.61 Å². The molecule has 0 saturated heterocycles. The third-order valence-corrected chi connectivity index (χ3v) is 5.12. The highest BCUT2D eigenvalue weighted by atomic mass is 19.1. The molecule has 0 radical (unpaired) electrons. The number of esters is 1. The van der Waals surface area contributed by atoms with Gasteiger partial charge >= 0.3 is 5.97 Å². The first-order valence-corrected chi connectivity index (χ1v) is 10.1. The normalized spacial score (nSPS) is 14.5. The van der Waals surface area contributed by atoms with E-state index in [4.69, 9.17) is 9.47 Å². The van der Waals surface area contributed by atoms with Gasteiger partial charge in [0, 0.05) is 5.56 Å². The number of ether oxygens (including phenoxy) is 2. The summed E-state index contributed by atoms with van der Waals surface area (Å²) in [6.07, 6.45) is 1.68. The molecule has 1 aliphatic heterocycles. The molecule has 1 aliphatic rings. The average Bonchev–Trinajstić information content (AvgIpc) is 3.19. The zero-order valence-electron chi connectivity index (χ0n) is 17.0. The Morgan fingerprint density at radius 3 is 2.41 bits per heavy atom. The zero-order valence-corrected chi connectivity index (χ0v) is 17.0. The molecule has 4 nitrogen and oxygen atoms in total. The van der Waals surface area contributed by atoms with Crippen molar-refractivity contribution in [3.05, 3.63) is 119 Å². The molecule has 0 aliphatic carbocycles. The monoisotopic (exact) mass is 423 g/mol. The number of carbonyl (C=O) groups is 1. The van der Waals surface area contributed by atoms with Crippen LogP contribution in [0.3, 0.4) is 0 Å². The van der Waals surface area contributed by atoms with Crippen LogP contribution in [0.5, 0.6) is 5.75 Å². The molecular weight excluding hydrogens is 405 g/mol. The van der Waals surface area contributed by atoms with Crippen LogP contribution in [0, 0.1) is 5.82 Å². The van der Waals surface area contributed by atoms with Gasteiger partial charge in [-0.3, -0.25) is 0 Å². The van der Waals surface area contributed by atoms with Gasteiger partial charge in [-0.2, -0.15) is 0 Å². The number of rotatable bonds is 5. The van der Waals surface area contributed by atoms with Crippen molar-refractivity contribution in [3.63, 3.8) is 0 Å². The Labute approximate surface area is 184 Å². The maximum absolute atomic E-state index is 13.0. The topological polar surface area (TPSA) is 47.9 Å². The van der Waals surface area contributed by atoms with Crippen LogP contribution in [0.2, 0.25) is 0 Å². The molecule has 32 heavy (non-hydrogen) atoms. The van der Waals surface area contributed by atoms with Gasteiger partial charge in [-0.1, -0.05) is 54.6 Å². The Morgan fingerprint density at radius 2 is 1.62 bits per heavy atom. The molecule has 0 amide bonds. The van der Waals surface area contributed by atoms with Gasteiger partial charge in [-0.15, -0.1) is 0 Å². The lowest BCUT2D eigenvalue weighted by Crippen LogP contribution is -2.05. The van der Waals surface area contributed by atoms with E-state index >= 15 is 0 Å². The summed E-state index contributed by atoms with van der Waals surface area (Å²) in [7, 11) is 0. The molecule has 5 heteroatoms. The summed E-state index contributed by atoms with van der Waals surface area (Å²) in [5.74, 6) is 0.213. The summed E-state index contributed by atoms with van der Waals surface area (Å²) in [6.45, 7) is 0.340. The minimum atomic E-state index is -0.482. The Kier molecular flexibility index (Phi) is 5.22. The van der Waals surface area contributed by atoms with Gasteiger partial charge in [0.05, 0.1) is 0 Å². The van der Waals surface area contributed by atoms with Gasteiger partial charge in [0.15, 0.2) is 5.70 Å². The van der Waals surface area contributed by atoms with Crippen LogP contribution >= 0.6 is 0 Å². The Morgan fingerprint density at radius 1 is 0.875 bits per heavy atom. The molecule has 0 unspecified atom stereocenters. The highest BCUT2D eigenvalue weighted by Gasteiger charge is 2.24. The van der Waals surface area contributed by atoms with Crippen molar-refractivity contribution in [2.24, 2.45) is 4.99 Å². The van der Waals surface area contributed by atoms with Gasteiger partial charge in [0.1, 0.15) is 18.2 Å². The molecule has 5 rings (SSSR count). The zero-order chi connectivity index (χ0) is 21.9. The molecule has 0 spiro atoms. The van der Waals surface area contributed by atoms with Crippen LogP contribution in [0.1, 0.15) is 16.7 Å². The van der Waals surface area contributed by atoms with Gasteiger partial charge in [-0.25, -0.2) is 14.2 Å². The van der Waals surface area contributed by atoms with Crippen molar-refractivity contribution in [1.82, 2.24) is 0 Å². The van der Waals surface area contributed by atoms with Gasteiger partial charge in [0.25, 0.3) is 0 Å². The Balaban J connectivity index is 1.30. The number of fused-ring (bicyclic) bond motifs is 1. The largest absolute Gasteiger partial charge is 0.489 e. The second-order valence-corrected chi connectivity index (χ2v) is 7.38. The predicted molar refractivity (Wildman–Crippen MR) is 122 cm³/mol. The molecule has 0 atom stereocenters. The van der Waals surface area contributed by atoms with Crippen LogP contribution in [-0.2, 0) is 16.1 Å². The molecule has 0 fully saturated rings. The first-order chi connectivity index (χ1) is 15.6. The third-order valence-electron chi connectivity index (χ3n) is 5.12. The standard InChI is InChI=1S/C27H18FNO3/c28-23-11-5-19(6-12-23)17-31-24-13-7-18(8-14-24)15-25-27(30)32-26(29-25)22-10-9-20-3-1-2-4-21(20)16-22/h1-16H,17H2/b25-15-. The number of hydrogen-bond donors (Lipinski definition) is 0. The maximum atomic E-state index is 13.0. The smallest absolute Gasteiger partial charge is 0.363 e. The Bertz CT molecular complexity index is 1360. The minimum Gasteiger partial charge on any atom is -0.489 e. The van der Waals surface area contributed by atoms with E-state index in [0.29, 0.717) is 18.3 Å². The number of nitrogens with zero attached hydrogens (tertiary/aromatic N) is 1. The molecular formula is C27H18FNO3. The lowest BCUT2D eigenvalue weighted by atomic mass is 10.1. The maximum Gasteiger partial charge on any atom is 0.363 e. The average molecular weight is 423 g/mol. The Hall–Kier alpha value is -4.25. The summed E-state index contributed by atoms with van der Waals surface area (Å²) in [5.41, 5.74) is 2.68. The van der Waals surface area contributed by atoms with Crippen molar-refractivity contribution in [2.75, 3.05) is 0 Å². The van der Waals surface area contributed by atoms with E-state index in [2.05, 4.69) is 4.99 Å². The third kappa shape index (κ3) is 4.27. The lowest BCUT2D eigenvalue weighted by Gasteiger charge is -2.06. The summed E-state index contributed by atoms with van der Waals surface area (Å²) >= 11 is 0. The molecule has 4 aromatic rings. The number of cyclic esters (lactones) is 1. The van der Waals surface area contributed by atoms with E-state index in [1.807, 2.05) is 66.7 Å². The minimum absolute atomic E-state index is 0.244. The summed E-state index contributed by atoms with van der Waals surface area (Å²) < 4.78 is 24.1. The predicted octanol–water partition coefficient (Wildman–Crippen LogP) is 5.90. The molecule has 4 aromatic carbocycles. The van der Waals surface area contributed by atoms with Crippen LogP contribution in [0.15, 0.2) is 102 Å². The first kappa shape index (κ1) is 19.7. The van der Waals surface area contributed by atoms with Gasteiger partial charge in [-0.05, 0) is 64.4 Å². The van der Waals surface area contributed by atoms with Crippen molar-refractivity contribution < 1.29 is 18.7 Å². The first-order valence-electron chi connectivity index (χ1n) is 10.1.